The Kier molecular flexibility index (Phi) is 3.05. The van der Waals surface area contributed by atoms with E-state index in [1.165, 1.54) is 13.2 Å². The second-order valence-corrected chi connectivity index (χ2v) is 3.70. The van der Waals surface area contributed by atoms with Crippen LogP contribution in [0.25, 0.3) is 0 Å². The Morgan fingerprint density at radius 2 is 2.31 bits per heavy atom. The van der Waals surface area contributed by atoms with E-state index in [9.17, 15) is 4.39 Å². The first-order chi connectivity index (χ1) is 7.74. The van der Waals surface area contributed by atoms with Crippen LogP contribution in [0, 0.1) is 5.82 Å². The van der Waals surface area contributed by atoms with E-state index in [1.807, 2.05) is 0 Å². The number of halogens is 1. The molecule has 1 aliphatic carbocycles. The number of ether oxygens (including phenoxy) is 1. The molecule has 0 unspecified atom stereocenters. The molecule has 0 saturated heterocycles. The summed E-state index contributed by atoms with van der Waals surface area (Å²) < 4.78 is 18.3. The molecule has 2 rings (SSSR count). The molecule has 1 aliphatic rings. The van der Waals surface area contributed by atoms with E-state index in [1.54, 1.807) is 12.1 Å². The molecule has 3 N–H and O–H groups in total. The fourth-order valence-corrected chi connectivity index (χ4v) is 1.40. The van der Waals surface area contributed by atoms with E-state index in [0.29, 0.717) is 17.4 Å². The van der Waals surface area contributed by atoms with Crippen LogP contribution in [0.4, 0.5) is 4.39 Å². The number of nitrogens with one attached hydrogen (secondary N) is 1. The van der Waals surface area contributed by atoms with Gasteiger partial charge in [0.15, 0.2) is 11.6 Å². The zero-order valence-electron chi connectivity index (χ0n) is 9.03. The van der Waals surface area contributed by atoms with Gasteiger partial charge in [-0.15, -0.1) is 0 Å². The van der Waals surface area contributed by atoms with Gasteiger partial charge in [0.1, 0.15) is 5.84 Å². The molecule has 1 fully saturated rings. The van der Waals surface area contributed by atoms with Crippen LogP contribution < -0.4 is 16.0 Å². The van der Waals surface area contributed by atoms with Crippen LogP contribution in [0.15, 0.2) is 23.2 Å². The number of benzene rings is 1. The summed E-state index contributed by atoms with van der Waals surface area (Å²) in [6, 6.07) is 4.98. The molecule has 4 nitrogen and oxygen atoms in total. The lowest BCUT2D eigenvalue weighted by atomic mass is 10.2. The molecule has 0 atom stereocenters. The molecule has 0 aliphatic heterocycles. The summed E-state index contributed by atoms with van der Waals surface area (Å²) in [5.41, 5.74) is 3.13. The number of hydrazine groups is 1. The third-order valence-corrected chi connectivity index (χ3v) is 2.42. The highest BCUT2D eigenvalue weighted by Crippen LogP contribution is 2.25. The highest BCUT2D eigenvalue weighted by atomic mass is 19.1. The van der Waals surface area contributed by atoms with Crippen molar-refractivity contribution in [2.45, 2.75) is 18.9 Å². The van der Waals surface area contributed by atoms with Gasteiger partial charge in [0.2, 0.25) is 0 Å². The lowest BCUT2D eigenvalue weighted by Gasteiger charge is -2.07. The Morgan fingerprint density at radius 3 is 2.81 bits per heavy atom. The van der Waals surface area contributed by atoms with E-state index >= 15 is 0 Å². The standard InChI is InChI=1S/C11H14FN3O/c1-16-10-5-2-7(6-9(10)12)11(15-13)14-8-3-4-8/h2,5-6,8H,3-4,13H2,1H3,(H,14,15). The Hall–Kier alpha value is -1.62. The second kappa shape index (κ2) is 4.49. The summed E-state index contributed by atoms with van der Waals surface area (Å²) in [6.45, 7) is 0. The Morgan fingerprint density at radius 1 is 1.56 bits per heavy atom. The minimum absolute atomic E-state index is 0.214. The number of aliphatic imine (C=N–C) groups is 1. The minimum Gasteiger partial charge on any atom is -0.494 e. The normalized spacial score (nSPS) is 16.1. The highest BCUT2D eigenvalue weighted by Gasteiger charge is 2.21. The van der Waals surface area contributed by atoms with Gasteiger partial charge in [0.25, 0.3) is 0 Å². The summed E-state index contributed by atoms with van der Waals surface area (Å²) in [5, 5.41) is 0. The van der Waals surface area contributed by atoms with Gasteiger partial charge in [-0.05, 0) is 31.0 Å². The van der Waals surface area contributed by atoms with E-state index in [-0.39, 0.29) is 5.75 Å². The molecule has 5 heteroatoms. The van der Waals surface area contributed by atoms with Crippen molar-refractivity contribution in [3.8, 4) is 5.75 Å². The van der Waals surface area contributed by atoms with Gasteiger partial charge in [-0.25, -0.2) is 10.2 Å². The molecule has 0 spiro atoms. The van der Waals surface area contributed by atoms with Gasteiger partial charge >= 0.3 is 0 Å². The van der Waals surface area contributed by atoms with Crippen molar-refractivity contribution in [3.05, 3.63) is 29.6 Å². The predicted octanol–water partition coefficient (Wildman–Crippen LogP) is 1.21. The number of amidine groups is 1. The molecule has 1 saturated carbocycles. The molecular formula is C11H14FN3O. The topological polar surface area (TPSA) is 59.6 Å². The summed E-state index contributed by atoms with van der Waals surface area (Å²) in [5.74, 6) is 5.68. The average molecular weight is 223 g/mol. The van der Waals surface area contributed by atoms with Crippen LogP contribution in [0.2, 0.25) is 0 Å². The smallest absolute Gasteiger partial charge is 0.165 e. The summed E-state index contributed by atoms with van der Waals surface area (Å²) >= 11 is 0. The van der Waals surface area contributed by atoms with Crippen LogP contribution >= 0.6 is 0 Å². The van der Waals surface area contributed by atoms with Crippen molar-refractivity contribution in [1.29, 1.82) is 0 Å². The maximum atomic E-state index is 13.5. The number of methoxy groups -OCH3 is 1. The molecule has 1 aromatic carbocycles. The number of nitrogens with zero attached hydrogens (tertiary/aromatic N) is 1. The molecule has 1 aromatic rings. The summed E-state index contributed by atoms with van der Waals surface area (Å²) in [6.07, 6.45) is 2.15. The number of rotatable bonds is 3. The van der Waals surface area contributed by atoms with E-state index in [4.69, 9.17) is 10.6 Å². The molecule has 0 amide bonds. The van der Waals surface area contributed by atoms with Crippen molar-refractivity contribution in [2.75, 3.05) is 7.11 Å². The van der Waals surface area contributed by atoms with Crippen LogP contribution in [-0.4, -0.2) is 19.0 Å². The SMILES string of the molecule is COc1ccc(C(=NC2CC2)NN)cc1F. The van der Waals surface area contributed by atoms with Gasteiger partial charge in [-0.2, -0.15) is 0 Å². The van der Waals surface area contributed by atoms with Crippen molar-refractivity contribution in [2.24, 2.45) is 10.8 Å². The molecule has 0 aromatic heterocycles. The Labute approximate surface area is 93.3 Å². The third kappa shape index (κ3) is 2.30. The van der Waals surface area contributed by atoms with Gasteiger partial charge in [-0.3, -0.25) is 4.99 Å². The zero-order valence-corrected chi connectivity index (χ0v) is 9.03. The maximum absolute atomic E-state index is 13.5. The Balaban J connectivity index is 2.27. The first kappa shape index (κ1) is 10.9. The van der Waals surface area contributed by atoms with Gasteiger partial charge in [-0.1, -0.05) is 0 Å². The van der Waals surface area contributed by atoms with Crippen LogP contribution in [-0.2, 0) is 0 Å². The quantitative estimate of drug-likeness (QED) is 0.350. The first-order valence-corrected chi connectivity index (χ1v) is 5.13. The van der Waals surface area contributed by atoms with Crippen molar-refractivity contribution >= 4 is 5.84 Å². The first-order valence-electron chi connectivity index (χ1n) is 5.13. The van der Waals surface area contributed by atoms with Crippen LogP contribution in [0.1, 0.15) is 18.4 Å². The lowest BCUT2D eigenvalue weighted by Crippen LogP contribution is -2.31. The Bertz CT molecular complexity index is 416. The largest absolute Gasteiger partial charge is 0.494 e. The number of nitrogens with two attached hydrogens (primary N) is 1. The third-order valence-electron chi connectivity index (χ3n) is 2.42. The summed E-state index contributed by atoms with van der Waals surface area (Å²) in [4.78, 5) is 4.35. The second-order valence-electron chi connectivity index (χ2n) is 3.70. The monoisotopic (exact) mass is 223 g/mol. The lowest BCUT2D eigenvalue weighted by molar-refractivity contribution is 0.386. The maximum Gasteiger partial charge on any atom is 0.165 e. The molecule has 16 heavy (non-hydrogen) atoms. The average Bonchev–Trinajstić information content (AvgIpc) is 3.09. The fourth-order valence-electron chi connectivity index (χ4n) is 1.40. The van der Waals surface area contributed by atoms with Gasteiger partial charge < -0.3 is 10.2 Å². The van der Waals surface area contributed by atoms with E-state index < -0.39 is 5.82 Å². The number of hydrogen-bond acceptors (Lipinski definition) is 3. The van der Waals surface area contributed by atoms with Gasteiger partial charge in [0, 0.05) is 5.56 Å². The zero-order chi connectivity index (χ0) is 11.5. The van der Waals surface area contributed by atoms with Crippen molar-refractivity contribution < 1.29 is 9.13 Å². The molecular weight excluding hydrogens is 209 g/mol. The molecule has 0 heterocycles. The van der Waals surface area contributed by atoms with Crippen LogP contribution in [0.3, 0.4) is 0 Å². The molecule has 86 valence electrons. The fraction of sp³-hybridized carbons (Fsp3) is 0.364. The van der Waals surface area contributed by atoms with Crippen molar-refractivity contribution in [3.63, 3.8) is 0 Å². The predicted molar refractivity (Wildman–Crippen MR) is 59.8 cm³/mol. The van der Waals surface area contributed by atoms with Crippen LogP contribution in [0.5, 0.6) is 5.75 Å². The highest BCUT2D eigenvalue weighted by molar-refractivity contribution is 5.98. The van der Waals surface area contributed by atoms with Crippen molar-refractivity contribution in [1.82, 2.24) is 5.43 Å². The molecule has 0 bridgehead atoms. The molecule has 0 radical (unpaired) electrons. The number of hydrogen-bond donors (Lipinski definition) is 2. The van der Waals surface area contributed by atoms with E-state index in [2.05, 4.69) is 10.4 Å². The van der Waals surface area contributed by atoms with Gasteiger partial charge in [0.05, 0.1) is 13.2 Å². The summed E-state index contributed by atoms with van der Waals surface area (Å²) in [7, 11) is 1.43. The van der Waals surface area contributed by atoms with E-state index in [0.717, 1.165) is 12.8 Å². The minimum atomic E-state index is -0.418.